The fourth-order valence-electron chi connectivity index (χ4n) is 1.32. The minimum absolute atomic E-state index is 0.0820. The number of nitrogens with one attached hydrogen (secondary N) is 1. The van der Waals surface area contributed by atoms with Crippen LogP contribution in [-0.4, -0.2) is 35.7 Å². The Labute approximate surface area is 104 Å². The topological polar surface area (TPSA) is 102 Å². The number of aliphatic hydroxyl groups excluding tert-OH is 1. The molecule has 0 aromatic heterocycles. The van der Waals surface area contributed by atoms with Gasteiger partial charge >= 0.3 is 5.69 Å². The molecule has 1 atom stereocenters. The number of hydrogen-bond acceptors (Lipinski definition) is 5. The molecule has 18 heavy (non-hydrogen) atoms. The zero-order valence-electron chi connectivity index (χ0n) is 10.0. The first kappa shape index (κ1) is 13.9. The average molecular weight is 254 g/mol. The first-order valence-electron chi connectivity index (χ1n) is 5.24. The Kier molecular flexibility index (Phi) is 4.61. The van der Waals surface area contributed by atoms with Gasteiger partial charge in [-0.3, -0.25) is 14.9 Å². The van der Waals surface area contributed by atoms with Crippen LogP contribution in [0.3, 0.4) is 0 Å². The van der Waals surface area contributed by atoms with Gasteiger partial charge in [0.15, 0.2) is 5.75 Å². The molecule has 0 radical (unpaired) electrons. The standard InChI is InChI=1S/C11H14N2O5/c1-7(14)6-12-11(15)8-3-4-10(18-2)9(5-8)13(16)17/h3-5,7,14H,6H2,1-2H3,(H,12,15). The third-order valence-electron chi connectivity index (χ3n) is 2.20. The lowest BCUT2D eigenvalue weighted by atomic mass is 10.1. The summed E-state index contributed by atoms with van der Waals surface area (Å²) in [5.41, 5.74) is -0.134. The maximum absolute atomic E-state index is 11.6. The van der Waals surface area contributed by atoms with Crippen LogP contribution in [0, 0.1) is 10.1 Å². The Bertz CT molecular complexity index is 459. The largest absolute Gasteiger partial charge is 0.490 e. The summed E-state index contributed by atoms with van der Waals surface area (Å²) in [6.07, 6.45) is -0.679. The minimum Gasteiger partial charge on any atom is -0.490 e. The van der Waals surface area contributed by atoms with E-state index in [-0.39, 0.29) is 23.5 Å². The summed E-state index contributed by atoms with van der Waals surface area (Å²) in [5, 5.41) is 22.3. The molecule has 0 fully saturated rings. The van der Waals surface area contributed by atoms with Crippen LogP contribution in [0.15, 0.2) is 18.2 Å². The number of rotatable bonds is 5. The van der Waals surface area contributed by atoms with Gasteiger partial charge in [0.05, 0.1) is 18.1 Å². The molecule has 0 aliphatic carbocycles. The van der Waals surface area contributed by atoms with Crippen molar-refractivity contribution in [3.8, 4) is 5.75 Å². The van der Waals surface area contributed by atoms with Gasteiger partial charge in [-0.1, -0.05) is 0 Å². The lowest BCUT2D eigenvalue weighted by Crippen LogP contribution is -2.30. The van der Waals surface area contributed by atoms with Crippen molar-refractivity contribution in [2.24, 2.45) is 0 Å². The van der Waals surface area contributed by atoms with Gasteiger partial charge in [0.25, 0.3) is 5.91 Å². The number of benzene rings is 1. The van der Waals surface area contributed by atoms with Crippen molar-refractivity contribution in [3.63, 3.8) is 0 Å². The lowest BCUT2D eigenvalue weighted by molar-refractivity contribution is -0.385. The number of carbonyl (C=O) groups excluding carboxylic acids is 1. The summed E-state index contributed by atoms with van der Waals surface area (Å²) in [6, 6.07) is 3.91. The third-order valence-corrected chi connectivity index (χ3v) is 2.20. The number of nitro groups is 1. The number of ether oxygens (including phenoxy) is 1. The highest BCUT2D eigenvalue weighted by Crippen LogP contribution is 2.27. The summed E-state index contributed by atoms with van der Waals surface area (Å²) in [7, 11) is 1.31. The Morgan fingerprint density at radius 1 is 1.61 bits per heavy atom. The first-order chi connectivity index (χ1) is 8.45. The van der Waals surface area contributed by atoms with E-state index in [9.17, 15) is 14.9 Å². The van der Waals surface area contributed by atoms with Crippen LogP contribution in [0.1, 0.15) is 17.3 Å². The molecule has 98 valence electrons. The van der Waals surface area contributed by atoms with Gasteiger partial charge in [0.1, 0.15) is 0 Å². The highest BCUT2D eigenvalue weighted by molar-refractivity contribution is 5.95. The minimum atomic E-state index is -0.679. The van der Waals surface area contributed by atoms with Gasteiger partial charge < -0.3 is 15.2 Å². The number of aliphatic hydroxyl groups is 1. The van der Waals surface area contributed by atoms with E-state index in [1.165, 1.54) is 26.2 Å². The predicted octanol–water partition coefficient (Wildman–Crippen LogP) is 0.714. The van der Waals surface area contributed by atoms with Gasteiger partial charge in [-0.05, 0) is 19.1 Å². The summed E-state index contributed by atoms with van der Waals surface area (Å²) >= 11 is 0. The van der Waals surface area contributed by atoms with E-state index in [1.807, 2.05) is 0 Å². The van der Waals surface area contributed by atoms with Crippen molar-refractivity contribution in [3.05, 3.63) is 33.9 Å². The van der Waals surface area contributed by atoms with Crippen LogP contribution < -0.4 is 10.1 Å². The van der Waals surface area contributed by atoms with E-state index in [1.54, 1.807) is 0 Å². The molecule has 0 saturated carbocycles. The fraction of sp³-hybridized carbons (Fsp3) is 0.364. The monoisotopic (exact) mass is 254 g/mol. The SMILES string of the molecule is COc1ccc(C(=O)NCC(C)O)cc1[N+](=O)[O-]. The molecule has 1 rings (SSSR count). The molecule has 1 amide bonds. The predicted molar refractivity (Wildman–Crippen MR) is 63.7 cm³/mol. The Hall–Kier alpha value is -2.15. The van der Waals surface area contributed by atoms with E-state index >= 15 is 0 Å². The van der Waals surface area contributed by atoms with E-state index in [4.69, 9.17) is 9.84 Å². The van der Waals surface area contributed by atoms with Crippen molar-refractivity contribution in [1.29, 1.82) is 0 Å². The van der Waals surface area contributed by atoms with Crippen molar-refractivity contribution in [2.45, 2.75) is 13.0 Å². The zero-order valence-corrected chi connectivity index (χ0v) is 10.0. The second-order valence-electron chi connectivity index (χ2n) is 3.70. The quantitative estimate of drug-likeness (QED) is 0.595. The molecule has 0 spiro atoms. The number of nitrogens with zero attached hydrogens (tertiary/aromatic N) is 1. The van der Waals surface area contributed by atoms with E-state index < -0.39 is 16.9 Å². The summed E-state index contributed by atoms with van der Waals surface area (Å²) < 4.78 is 4.83. The van der Waals surface area contributed by atoms with Crippen LogP contribution in [0.25, 0.3) is 0 Å². The van der Waals surface area contributed by atoms with Crippen LogP contribution >= 0.6 is 0 Å². The van der Waals surface area contributed by atoms with E-state index in [0.717, 1.165) is 6.07 Å². The van der Waals surface area contributed by atoms with Gasteiger partial charge in [-0.2, -0.15) is 0 Å². The molecule has 7 nitrogen and oxygen atoms in total. The molecular formula is C11H14N2O5. The smallest absolute Gasteiger partial charge is 0.311 e. The summed E-state index contributed by atoms with van der Waals surface area (Å²) in [6.45, 7) is 1.61. The Morgan fingerprint density at radius 3 is 2.78 bits per heavy atom. The van der Waals surface area contributed by atoms with Gasteiger partial charge in [-0.15, -0.1) is 0 Å². The maximum atomic E-state index is 11.6. The second-order valence-corrected chi connectivity index (χ2v) is 3.70. The van der Waals surface area contributed by atoms with Crippen molar-refractivity contribution >= 4 is 11.6 Å². The number of hydrogen-bond donors (Lipinski definition) is 2. The molecule has 1 aromatic rings. The number of carbonyl (C=O) groups is 1. The first-order valence-corrected chi connectivity index (χ1v) is 5.24. The molecule has 0 aliphatic heterocycles. The highest BCUT2D eigenvalue weighted by atomic mass is 16.6. The van der Waals surface area contributed by atoms with Gasteiger partial charge in [-0.25, -0.2) is 0 Å². The molecule has 2 N–H and O–H groups in total. The number of amides is 1. The normalized spacial score (nSPS) is 11.7. The van der Waals surface area contributed by atoms with Crippen molar-refractivity contribution in [1.82, 2.24) is 5.32 Å². The molecule has 0 heterocycles. The average Bonchev–Trinajstić information content (AvgIpc) is 2.34. The van der Waals surface area contributed by atoms with Gasteiger partial charge in [0, 0.05) is 18.2 Å². The Morgan fingerprint density at radius 2 is 2.28 bits per heavy atom. The van der Waals surface area contributed by atoms with E-state index in [2.05, 4.69) is 5.32 Å². The fourth-order valence-corrected chi connectivity index (χ4v) is 1.32. The Balaban J connectivity index is 2.94. The van der Waals surface area contributed by atoms with Crippen LogP contribution in [0.2, 0.25) is 0 Å². The van der Waals surface area contributed by atoms with Crippen molar-refractivity contribution < 1.29 is 19.6 Å². The molecule has 1 aromatic carbocycles. The number of nitro benzene ring substituents is 1. The van der Waals surface area contributed by atoms with E-state index in [0.29, 0.717) is 0 Å². The molecule has 7 heteroatoms. The number of methoxy groups -OCH3 is 1. The highest BCUT2D eigenvalue weighted by Gasteiger charge is 2.18. The molecule has 0 aliphatic rings. The molecular weight excluding hydrogens is 240 g/mol. The third kappa shape index (κ3) is 3.42. The maximum Gasteiger partial charge on any atom is 0.311 e. The van der Waals surface area contributed by atoms with Gasteiger partial charge in [0.2, 0.25) is 0 Å². The summed E-state index contributed by atoms with van der Waals surface area (Å²) in [4.78, 5) is 21.8. The van der Waals surface area contributed by atoms with Crippen LogP contribution in [-0.2, 0) is 0 Å². The summed E-state index contributed by atoms with van der Waals surface area (Å²) in [5.74, 6) is -0.395. The molecule has 1 unspecified atom stereocenters. The molecule has 0 bridgehead atoms. The second kappa shape index (κ2) is 5.97. The molecule has 0 saturated heterocycles. The zero-order chi connectivity index (χ0) is 13.7. The lowest BCUT2D eigenvalue weighted by Gasteiger charge is -2.08. The van der Waals surface area contributed by atoms with Crippen LogP contribution in [0.5, 0.6) is 5.75 Å². The van der Waals surface area contributed by atoms with Crippen molar-refractivity contribution in [2.75, 3.05) is 13.7 Å². The van der Waals surface area contributed by atoms with Crippen LogP contribution in [0.4, 0.5) is 5.69 Å².